The average Bonchev–Trinajstić information content (AvgIpc) is 2.35. The van der Waals surface area contributed by atoms with Gasteiger partial charge < -0.3 is 20.3 Å². The number of benzene rings is 1. The molecule has 1 atom stereocenters. The first-order chi connectivity index (χ1) is 7.67. The van der Waals surface area contributed by atoms with E-state index in [4.69, 9.17) is 25.6 Å². The van der Waals surface area contributed by atoms with Gasteiger partial charge in [-0.3, -0.25) is 0 Å². The third kappa shape index (κ3) is 2.24. The van der Waals surface area contributed by atoms with Crippen LogP contribution in [0.3, 0.4) is 0 Å². The second-order valence-electron chi connectivity index (χ2n) is 3.20. The van der Waals surface area contributed by atoms with Crippen molar-refractivity contribution in [3.8, 4) is 17.6 Å². The van der Waals surface area contributed by atoms with Crippen LogP contribution in [-0.2, 0) is 0 Å². The molecule has 0 saturated heterocycles. The van der Waals surface area contributed by atoms with Crippen LogP contribution in [0.2, 0.25) is 0 Å². The number of rotatable bonds is 4. The molecule has 0 bridgehead atoms. The highest BCUT2D eigenvalue weighted by molar-refractivity contribution is 5.55. The maximum Gasteiger partial charge on any atom is 0.178 e. The Hall–Kier alpha value is -1.77. The van der Waals surface area contributed by atoms with Crippen molar-refractivity contribution in [2.24, 2.45) is 5.73 Å². The SMILES string of the molecule is COc1cc(C(N)CO)cc(C#N)c1OC. The lowest BCUT2D eigenvalue weighted by Gasteiger charge is -2.14. The second-order valence-corrected chi connectivity index (χ2v) is 3.20. The van der Waals surface area contributed by atoms with Crippen molar-refractivity contribution in [1.82, 2.24) is 0 Å². The van der Waals surface area contributed by atoms with Crippen LogP contribution in [0.15, 0.2) is 12.1 Å². The first-order valence-corrected chi connectivity index (χ1v) is 4.70. The molecule has 1 aromatic rings. The third-order valence-corrected chi connectivity index (χ3v) is 2.25. The van der Waals surface area contributed by atoms with Gasteiger partial charge in [-0.25, -0.2) is 0 Å². The minimum absolute atomic E-state index is 0.194. The van der Waals surface area contributed by atoms with Crippen LogP contribution in [0.4, 0.5) is 0 Å². The normalized spacial score (nSPS) is 11.7. The molecule has 0 amide bonds. The Bertz CT molecular complexity index is 412. The molecule has 0 aliphatic heterocycles. The predicted molar refractivity (Wildman–Crippen MR) is 58.3 cm³/mol. The molecule has 0 saturated carbocycles. The summed E-state index contributed by atoms with van der Waals surface area (Å²) in [6, 6.07) is 4.70. The van der Waals surface area contributed by atoms with E-state index in [0.29, 0.717) is 22.6 Å². The summed E-state index contributed by atoms with van der Waals surface area (Å²) in [4.78, 5) is 0. The van der Waals surface area contributed by atoms with Crippen molar-refractivity contribution in [1.29, 1.82) is 5.26 Å². The number of nitrogens with two attached hydrogens (primary N) is 1. The first kappa shape index (κ1) is 12.3. The molecule has 16 heavy (non-hydrogen) atoms. The van der Waals surface area contributed by atoms with Crippen LogP contribution in [0.1, 0.15) is 17.2 Å². The number of methoxy groups -OCH3 is 2. The smallest absolute Gasteiger partial charge is 0.178 e. The number of aliphatic hydroxyl groups excluding tert-OH is 1. The van der Waals surface area contributed by atoms with Crippen LogP contribution in [-0.4, -0.2) is 25.9 Å². The van der Waals surface area contributed by atoms with E-state index >= 15 is 0 Å². The highest BCUT2D eigenvalue weighted by Crippen LogP contribution is 2.33. The lowest BCUT2D eigenvalue weighted by Crippen LogP contribution is -2.15. The molecule has 5 nitrogen and oxygen atoms in total. The van der Waals surface area contributed by atoms with E-state index in [-0.39, 0.29) is 6.61 Å². The summed E-state index contributed by atoms with van der Waals surface area (Å²) in [5.41, 5.74) is 6.65. The van der Waals surface area contributed by atoms with E-state index in [1.165, 1.54) is 14.2 Å². The van der Waals surface area contributed by atoms with E-state index in [0.717, 1.165) is 0 Å². The van der Waals surface area contributed by atoms with E-state index in [2.05, 4.69) is 0 Å². The Labute approximate surface area is 94.0 Å². The van der Waals surface area contributed by atoms with Crippen LogP contribution >= 0.6 is 0 Å². The molecular weight excluding hydrogens is 208 g/mol. The van der Waals surface area contributed by atoms with Gasteiger partial charge in [0.2, 0.25) is 0 Å². The van der Waals surface area contributed by atoms with Gasteiger partial charge in [0.25, 0.3) is 0 Å². The number of nitrogens with zero attached hydrogens (tertiary/aromatic N) is 1. The van der Waals surface area contributed by atoms with Crippen molar-refractivity contribution in [3.05, 3.63) is 23.3 Å². The summed E-state index contributed by atoms with van der Waals surface area (Å²) in [5, 5.41) is 17.9. The van der Waals surface area contributed by atoms with Gasteiger partial charge in [0.05, 0.1) is 32.4 Å². The molecule has 3 N–H and O–H groups in total. The zero-order valence-corrected chi connectivity index (χ0v) is 9.23. The molecule has 0 aliphatic carbocycles. The fourth-order valence-corrected chi connectivity index (χ4v) is 1.39. The number of hydrogen-bond acceptors (Lipinski definition) is 5. The van der Waals surface area contributed by atoms with Crippen molar-refractivity contribution in [3.63, 3.8) is 0 Å². The van der Waals surface area contributed by atoms with Crippen molar-refractivity contribution in [2.75, 3.05) is 20.8 Å². The highest BCUT2D eigenvalue weighted by atomic mass is 16.5. The first-order valence-electron chi connectivity index (χ1n) is 4.70. The van der Waals surface area contributed by atoms with Crippen molar-refractivity contribution in [2.45, 2.75) is 6.04 Å². The topological polar surface area (TPSA) is 88.5 Å². The van der Waals surface area contributed by atoms with Crippen molar-refractivity contribution < 1.29 is 14.6 Å². The fourth-order valence-electron chi connectivity index (χ4n) is 1.39. The van der Waals surface area contributed by atoms with E-state index in [9.17, 15) is 0 Å². The average molecular weight is 222 g/mol. The van der Waals surface area contributed by atoms with Gasteiger partial charge in [-0.1, -0.05) is 0 Å². The van der Waals surface area contributed by atoms with Crippen LogP contribution in [0.25, 0.3) is 0 Å². The fraction of sp³-hybridized carbons (Fsp3) is 0.364. The summed E-state index contributed by atoms with van der Waals surface area (Å²) in [6.45, 7) is -0.194. The summed E-state index contributed by atoms with van der Waals surface area (Å²) < 4.78 is 10.2. The monoisotopic (exact) mass is 222 g/mol. The maximum atomic E-state index is 8.96. The van der Waals surface area contributed by atoms with Gasteiger partial charge in [0.15, 0.2) is 11.5 Å². The Morgan fingerprint density at radius 1 is 1.44 bits per heavy atom. The van der Waals surface area contributed by atoms with Gasteiger partial charge >= 0.3 is 0 Å². The number of ether oxygens (including phenoxy) is 2. The van der Waals surface area contributed by atoms with Crippen LogP contribution in [0.5, 0.6) is 11.5 Å². The standard InChI is InChI=1S/C11H14N2O3/c1-15-10-4-7(9(13)6-14)3-8(5-12)11(10)16-2/h3-4,9,14H,6,13H2,1-2H3. The molecule has 0 fully saturated rings. The van der Waals surface area contributed by atoms with Gasteiger partial charge in [-0.15, -0.1) is 0 Å². The molecule has 1 aromatic carbocycles. The Balaban J connectivity index is 3.32. The van der Waals surface area contributed by atoms with E-state index in [1.54, 1.807) is 12.1 Å². The summed E-state index contributed by atoms with van der Waals surface area (Å²) in [7, 11) is 2.94. The van der Waals surface area contributed by atoms with Crippen molar-refractivity contribution >= 4 is 0 Å². The Kier molecular flexibility index (Phi) is 4.11. The largest absolute Gasteiger partial charge is 0.493 e. The molecule has 86 valence electrons. The molecule has 0 spiro atoms. The predicted octanol–water partition coefficient (Wildman–Crippen LogP) is 0.568. The summed E-state index contributed by atoms with van der Waals surface area (Å²) in [5.74, 6) is 0.805. The molecule has 0 heterocycles. The van der Waals surface area contributed by atoms with Crippen LogP contribution in [0, 0.1) is 11.3 Å². The third-order valence-electron chi connectivity index (χ3n) is 2.25. The molecular formula is C11H14N2O3. The minimum atomic E-state index is -0.535. The molecule has 1 unspecified atom stereocenters. The number of hydrogen-bond donors (Lipinski definition) is 2. The lowest BCUT2D eigenvalue weighted by molar-refractivity contribution is 0.267. The molecule has 1 rings (SSSR count). The number of nitriles is 1. The highest BCUT2D eigenvalue weighted by Gasteiger charge is 2.15. The van der Waals surface area contributed by atoms with Gasteiger partial charge in [0, 0.05) is 0 Å². The minimum Gasteiger partial charge on any atom is -0.493 e. The quantitative estimate of drug-likeness (QED) is 0.777. The zero-order chi connectivity index (χ0) is 12.1. The maximum absolute atomic E-state index is 8.96. The van der Waals surface area contributed by atoms with Gasteiger partial charge in [-0.2, -0.15) is 5.26 Å². The Morgan fingerprint density at radius 2 is 2.12 bits per heavy atom. The molecule has 0 aliphatic rings. The van der Waals surface area contributed by atoms with Crippen LogP contribution < -0.4 is 15.2 Å². The van der Waals surface area contributed by atoms with Gasteiger partial charge in [0.1, 0.15) is 6.07 Å². The molecule has 5 heteroatoms. The summed E-state index contributed by atoms with van der Waals surface area (Å²) >= 11 is 0. The van der Waals surface area contributed by atoms with E-state index in [1.807, 2.05) is 6.07 Å². The Morgan fingerprint density at radius 3 is 2.56 bits per heavy atom. The van der Waals surface area contributed by atoms with E-state index < -0.39 is 6.04 Å². The zero-order valence-electron chi connectivity index (χ0n) is 9.23. The number of aliphatic hydroxyl groups is 1. The molecule has 0 aromatic heterocycles. The van der Waals surface area contributed by atoms with Gasteiger partial charge in [-0.05, 0) is 17.7 Å². The second kappa shape index (κ2) is 5.35. The lowest BCUT2D eigenvalue weighted by atomic mass is 10.0. The molecule has 0 radical (unpaired) electrons. The summed E-state index contributed by atoms with van der Waals surface area (Å²) in [6.07, 6.45) is 0.